The van der Waals surface area contributed by atoms with Crippen LogP contribution in [0.25, 0.3) is 5.52 Å². The Labute approximate surface area is 199 Å². The molecule has 5 rings (SSSR count). The van der Waals surface area contributed by atoms with Crippen molar-refractivity contribution in [3.8, 4) is 0 Å². The van der Waals surface area contributed by atoms with Crippen LogP contribution in [0.3, 0.4) is 0 Å². The number of carbonyl (C=O) groups excluding carboxylic acids is 1. The number of aryl methyl sites for hydroxylation is 2. The van der Waals surface area contributed by atoms with Crippen molar-refractivity contribution in [3.63, 3.8) is 0 Å². The third-order valence-electron chi connectivity index (χ3n) is 7.04. The van der Waals surface area contributed by atoms with Gasteiger partial charge < -0.3 is 9.64 Å². The molecule has 2 aliphatic rings. The fourth-order valence-corrected chi connectivity index (χ4v) is 6.91. The Morgan fingerprint density at radius 1 is 1.12 bits per heavy atom. The molecule has 34 heavy (non-hydrogen) atoms. The Hall–Kier alpha value is -2.76. The molecular weight excluding hydrogens is 456 g/mol. The van der Waals surface area contributed by atoms with E-state index in [4.69, 9.17) is 4.74 Å². The summed E-state index contributed by atoms with van der Waals surface area (Å²) < 4.78 is 36.9. The van der Waals surface area contributed by atoms with E-state index in [0.29, 0.717) is 74.1 Å². The average Bonchev–Trinajstić information content (AvgIpc) is 3.38. The number of hydrogen-bond acceptors (Lipinski definition) is 6. The van der Waals surface area contributed by atoms with Gasteiger partial charge in [-0.05, 0) is 50.3 Å². The molecule has 2 fully saturated rings. The number of amides is 1. The number of rotatable bonds is 4. The first-order valence-electron chi connectivity index (χ1n) is 11.6. The molecule has 0 atom stereocenters. The monoisotopic (exact) mass is 486 g/mol. The number of carbonyl (C=O) groups is 1. The molecule has 0 radical (unpaired) electrons. The molecule has 0 unspecified atom stereocenters. The number of nitrogens with zero attached hydrogens (tertiary/aromatic N) is 6. The van der Waals surface area contributed by atoms with Crippen LogP contribution >= 0.6 is 0 Å². The predicted molar refractivity (Wildman–Crippen MR) is 125 cm³/mol. The Kier molecular flexibility index (Phi) is 5.95. The average molecular weight is 487 g/mol. The molecule has 10 nitrogen and oxygen atoms in total. The van der Waals surface area contributed by atoms with Crippen molar-refractivity contribution >= 4 is 21.4 Å². The molecule has 11 heteroatoms. The van der Waals surface area contributed by atoms with Gasteiger partial charge in [-0.3, -0.25) is 9.48 Å². The molecule has 0 saturated carbocycles. The van der Waals surface area contributed by atoms with Crippen LogP contribution in [0.2, 0.25) is 0 Å². The lowest BCUT2D eigenvalue weighted by molar-refractivity contribution is 0.0304. The number of morpholine rings is 1. The summed E-state index contributed by atoms with van der Waals surface area (Å²) >= 11 is 0. The maximum Gasteiger partial charge on any atom is 0.257 e. The van der Waals surface area contributed by atoms with Crippen LogP contribution in [0.15, 0.2) is 29.4 Å². The first-order chi connectivity index (χ1) is 16.3. The van der Waals surface area contributed by atoms with E-state index in [-0.39, 0.29) is 11.8 Å². The van der Waals surface area contributed by atoms with Gasteiger partial charge >= 0.3 is 0 Å². The van der Waals surface area contributed by atoms with Crippen molar-refractivity contribution in [2.24, 2.45) is 7.05 Å². The number of fused-ring (bicyclic) bond motifs is 1. The third-order valence-corrected chi connectivity index (χ3v) is 9.19. The molecule has 0 spiro atoms. The highest BCUT2D eigenvalue weighted by Crippen LogP contribution is 2.33. The lowest BCUT2D eigenvalue weighted by atomic mass is 9.90. The summed E-state index contributed by atoms with van der Waals surface area (Å²) in [4.78, 5) is 15.2. The fraction of sp³-hybridized carbons (Fsp3) is 0.522. The van der Waals surface area contributed by atoms with Crippen molar-refractivity contribution in [2.45, 2.75) is 37.5 Å². The van der Waals surface area contributed by atoms with Crippen molar-refractivity contribution < 1.29 is 17.9 Å². The van der Waals surface area contributed by atoms with E-state index in [9.17, 15) is 13.2 Å². The number of hydrogen-bond donors (Lipinski definition) is 0. The smallest absolute Gasteiger partial charge is 0.257 e. The zero-order valence-electron chi connectivity index (χ0n) is 19.8. The molecule has 182 valence electrons. The van der Waals surface area contributed by atoms with Gasteiger partial charge in [0, 0.05) is 39.4 Å². The number of aromatic nitrogens is 4. The van der Waals surface area contributed by atoms with E-state index in [1.165, 1.54) is 0 Å². The third kappa shape index (κ3) is 3.91. The van der Waals surface area contributed by atoms with E-state index in [2.05, 4.69) is 10.2 Å². The minimum atomic E-state index is -3.59. The highest BCUT2D eigenvalue weighted by atomic mass is 32.2. The predicted octanol–water partition coefficient (Wildman–Crippen LogP) is 1.73. The van der Waals surface area contributed by atoms with Crippen LogP contribution in [0.1, 0.15) is 46.1 Å². The Balaban J connectivity index is 1.34. The standard InChI is InChI=1S/C23H30N6O4S/c1-16-22(17(2)26(3)25-16)34(31,32)28-7-4-18(5-8-28)19-6-9-29-21(14-19)20(15-24-29)23(30)27-10-12-33-13-11-27/h6,9,14-15,18H,4-5,7-8,10-13H2,1-3H3. The summed E-state index contributed by atoms with van der Waals surface area (Å²) in [7, 11) is -1.83. The van der Waals surface area contributed by atoms with Gasteiger partial charge in [-0.2, -0.15) is 14.5 Å². The second kappa shape index (κ2) is 8.79. The van der Waals surface area contributed by atoms with E-state index in [1.807, 2.05) is 18.3 Å². The van der Waals surface area contributed by atoms with Crippen LogP contribution in [-0.2, 0) is 21.8 Å². The lowest BCUT2D eigenvalue weighted by Crippen LogP contribution is -2.40. The zero-order chi connectivity index (χ0) is 24.0. The van der Waals surface area contributed by atoms with E-state index < -0.39 is 10.0 Å². The SMILES string of the molecule is Cc1nn(C)c(C)c1S(=O)(=O)N1CCC(c2ccn3ncc(C(=O)N4CCOCC4)c3c2)CC1. The van der Waals surface area contributed by atoms with Crippen LogP contribution in [-0.4, -0.2) is 82.3 Å². The number of sulfonamides is 1. The number of ether oxygens (including phenoxy) is 1. The maximum absolute atomic E-state index is 13.3. The van der Waals surface area contributed by atoms with Gasteiger partial charge in [-0.15, -0.1) is 0 Å². The summed E-state index contributed by atoms with van der Waals surface area (Å²) in [5, 5.41) is 8.64. The molecule has 2 saturated heterocycles. The largest absolute Gasteiger partial charge is 0.378 e. The number of pyridine rings is 1. The molecule has 5 heterocycles. The maximum atomic E-state index is 13.3. The van der Waals surface area contributed by atoms with Gasteiger partial charge in [0.25, 0.3) is 5.91 Å². The molecule has 0 N–H and O–H groups in total. The Morgan fingerprint density at radius 3 is 2.47 bits per heavy atom. The molecule has 3 aromatic rings. The normalized spacial score (nSPS) is 18.6. The minimum Gasteiger partial charge on any atom is -0.378 e. The second-order valence-corrected chi connectivity index (χ2v) is 10.9. The van der Waals surface area contributed by atoms with Crippen molar-refractivity contribution in [1.82, 2.24) is 28.6 Å². The summed E-state index contributed by atoms with van der Waals surface area (Å²) in [5.41, 5.74) is 3.67. The van der Waals surface area contributed by atoms with Gasteiger partial charge in [0.2, 0.25) is 10.0 Å². The molecule has 1 amide bonds. The first kappa shape index (κ1) is 23.0. The second-order valence-electron chi connectivity index (χ2n) is 9.05. The van der Waals surface area contributed by atoms with Crippen molar-refractivity contribution in [3.05, 3.63) is 47.0 Å². The zero-order valence-corrected chi connectivity index (χ0v) is 20.6. The molecule has 2 aliphatic heterocycles. The topological polar surface area (TPSA) is 102 Å². The Bertz CT molecular complexity index is 1330. The van der Waals surface area contributed by atoms with Crippen LogP contribution in [0, 0.1) is 13.8 Å². The van der Waals surface area contributed by atoms with Crippen LogP contribution in [0.4, 0.5) is 0 Å². The molecule has 0 aliphatic carbocycles. The summed E-state index contributed by atoms with van der Waals surface area (Å²) in [6.45, 7) is 6.69. The molecule has 0 aromatic carbocycles. The van der Waals surface area contributed by atoms with Gasteiger partial charge in [0.05, 0.1) is 41.9 Å². The molecule has 3 aromatic heterocycles. The van der Waals surface area contributed by atoms with Gasteiger partial charge in [-0.1, -0.05) is 0 Å². The lowest BCUT2D eigenvalue weighted by Gasteiger charge is -2.31. The van der Waals surface area contributed by atoms with Crippen LogP contribution in [0.5, 0.6) is 0 Å². The molecule has 0 bridgehead atoms. The summed E-state index contributed by atoms with van der Waals surface area (Å²) in [6.07, 6.45) is 4.94. The van der Waals surface area contributed by atoms with E-state index in [1.54, 1.807) is 45.5 Å². The number of piperidine rings is 1. The van der Waals surface area contributed by atoms with Crippen molar-refractivity contribution in [1.29, 1.82) is 0 Å². The quantitative estimate of drug-likeness (QED) is 0.557. The first-order valence-corrected chi connectivity index (χ1v) is 13.1. The fourth-order valence-electron chi connectivity index (χ4n) is 5.04. The summed E-state index contributed by atoms with van der Waals surface area (Å²) in [6, 6.07) is 4.05. The van der Waals surface area contributed by atoms with Gasteiger partial charge in [0.1, 0.15) is 4.90 Å². The highest BCUT2D eigenvalue weighted by Gasteiger charge is 2.34. The van der Waals surface area contributed by atoms with E-state index >= 15 is 0 Å². The van der Waals surface area contributed by atoms with Gasteiger partial charge in [0.15, 0.2) is 0 Å². The summed E-state index contributed by atoms with van der Waals surface area (Å²) in [5.74, 6) is 0.187. The molecular formula is C23H30N6O4S. The van der Waals surface area contributed by atoms with Crippen LogP contribution < -0.4 is 0 Å². The van der Waals surface area contributed by atoms with Gasteiger partial charge in [-0.25, -0.2) is 12.9 Å². The van der Waals surface area contributed by atoms with Crippen molar-refractivity contribution in [2.75, 3.05) is 39.4 Å². The highest BCUT2D eigenvalue weighted by molar-refractivity contribution is 7.89. The Morgan fingerprint density at radius 2 is 1.82 bits per heavy atom. The van der Waals surface area contributed by atoms with E-state index in [0.717, 1.165) is 11.1 Å². The minimum absolute atomic E-state index is 0.0291.